The van der Waals surface area contributed by atoms with Crippen LogP contribution >= 0.6 is 0 Å². The summed E-state index contributed by atoms with van der Waals surface area (Å²) in [5.74, 6) is 1.86. The molecule has 4 nitrogen and oxygen atoms in total. The summed E-state index contributed by atoms with van der Waals surface area (Å²) in [5, 5.41) is 2.69. The molecule has 2 saturated carbocycles. The molecular formula is C77H82BN3O. The van der Waals surface area contributed by atoms with Crippen LogP contribution in [0.4, 0.5) is 0 Å². The zero-order valence-electron chi connectivity index (χ0n) is 51.4. The number of para-hydroxylation sites is 2. The normalized spacial score (nSPS) is 18.2. The van der Waals surface area contributed by atoms with Crippen molar-refractivity contribution in [3.05, 3.63) is 188 Å². The van der Waals surface area contributed by atoms with Crippen LogP contribution < -0.4 is 21.1 Å². The lowest BCUT2D eigenvalue weighted by atomic mass is 9.33. The highest BCUT2D eigenvalue weighted by molar-refractivity contribution is 6.99. The average molecular weight is 1080 g/mol. The van der Waals surface area contributed by atoms with Gasteiger partial charge in [0.2, 0.25) is 6.71 Å². The second-order valence-corrected chi connectivity index (χ2v) is 31.0. The van der Waals surface area contributed by atoms with Gasteiger partial charge in [0.1, 0.15) is 22.8 Å². The van der Waals surface area contributed by atoms with E-state index in [1.807, 2.05) is 0 Å². The van der Waals surface area contributed by atoms with Crippen molar-refractivity contribution in [1.29, 1.82) is 0 Å². The Morgan fingerprint density at radius 1 is 0.415 bits per heavy atom. The third kappa shape index (κ3) is 6.52. The van der Waals surface area contributed by atoms with Crippen molar-refractivity contribution in [2.75, 3.05) is 0 Å². The van der Waals surface area contributed by atoms with E-state index in [0.29, 0.717) is 0 Å². The van der Waals surface area contributed by atoms with Crippen LogP contribution in [0.25, 0.3) is 49.8 Å². The summed E-state index contributed by atoms with van der Waals surface area (Å²) in [6.45, 7) is 33.6. The third-order valence-corrected chi connectivity index (χ3v) is 22.2. The highest BCUT2D eigenvalue weighted by Gasteiger charge is 2.56. The molecule has 82 heavy (non-hydrogen) atoms. The molecule has 3 aromatic heterocycles. The van der Waals surface area contributed by atoms with E-state index in [-0.39, 0.29) is 39.2 Å². The van der Waals surface area contributed by atoms with Gasteiger partial charge in [-0.25, -0.2) is 0 Å². The highest BCUT2D eigenvalue weighted by atomic mass is 16.5. The van der Waals surface area contributed by atoms with Crippen molar-refractivity contribution in [2.24, 2.45) is 0 Å². The number of benzene rings is 7. The summed E-state index contributed by atoms with van der Waals surface area (Å²) in [6.07, 6.45) is 13.0. The van der Waals surface area contributed by atoms with Crippen molar-refractivity contribution < 1.29 is 4.74 Å². The Morgan fingerprint density at radius 3 is 1.39 bits per heavy atom. The third-order valence-electron chi connectivity index (χ3n) is 22.2. The Labute approximate surface area is 487 Å². The second kappa shape index (κ2) is 16.3. The maximum absolute atomic E-state index is 7.25. The molecule has 16 rings (SSSR count). The first-order valence-corrected chi connectivity index (χ1v) is 31.5. The van der Waals surface area contributed by atoms with Gasteiger partial charge in [-0.05, 0) is 189 Å². The molecule has 0 saturated heterocycles. The molecule has 7 aromatic carbocycles. The Morgan fingerprint density at radius 2 is 0.878 bits per heavy atom. The van der Waals surface area contributed by atoms with Crippen LogP contribution in [0.2, 0.25) is 0 Å². The molecule has 0 unspecified atom stereocenters. The molecule has 0 atom stereocenters. The van der Waals surface area contributed by atoms with Crippen molar-refractivity contribution in [3.63, 3.8) is 0 Å². The molecule has 6 heterocycles. The first-order valence-electron chi connectivity index (χ1n) is 31.5. The zero-order chi connectivity index (χ0) is 56.7. The van der Waals surface area contributed by atoms with Gasteiger partial charge in [-0.3, -0.25) is 13.4 Å². The number of aromatic nitrogens is 3. The first-order chi connectivity index (χ1) is 38.9. The minimum atomic E-state index is -0.791. The number of aryl methyl sites for hydroxylation is 2. The van der Waals surface area contributed by atoms with Gasteiger partial charge >= 0.3 is 0 Å². The maximum atomic E-state index is 7.25. The SMILES string of the molecule is Cc1cc(C(C)(C)C)cc(C)c1B1c2cc(C(C)(C)C)cc3c2-n2c4c1c1cc(C(C)(C)C)ccc1n4c1cc4c(cc1n1c5ccc(C(C)(C)C)cc5c(c21)C31c2ccccc2Oc2ccccc21)C1(CCCC1)CCC41CCCC1. The van der Waals surface area contributed by atoms with Crippen molar-refractivity contribution in [1.82, 2.24) is 13.4 Å². The van der Waals surface area contributed by atoms with Gasteiger partial charge in [0.05, 0.1) is 27.5 Å². The van der Waals surface area contributed by atoms with Crippen LogP contribution in [0.1, 0.15) is 214 Å². The van der Waals surface area contributed by atoms with Gasteiger partial charge in [0.15, 0.2) is 0 Å². The summed E-state index contributed by atoms with van der Waals surface area (Å²) in [7, 11) is 0. The second-order valence-electron chi connectivity index (χ2n) is 31.0. The molecule has 414 valence electrons. The highest BCUT2D eigenvalue weighted by Crippen LogP contribution is 2.63. The number of hydrogen-bond donors (Lipinski definition) is 0. The molecule has 3 aliphatic carbocycles. The standard InChI is InChI=1S/C77H82BN3O/c1-45-37-49(73(9,10)11)38-46(2)66(45)78-58-42-50(74(12,13)14)41-57-68(58)81-69-65(77(57)53-23-15-17-25-63(53)82-64-26-18-16-24-54(64)77)51-39-47(71(3,4)5)27-29-59(51)79(69)61-43-55-56(76(33-21-22-34-76)36-35-75(55)31-19-20-32-75)44-62(61)80-60-30-28-48(72(6,7)8)40-52(60)67(78)70(80)81/h15-18,23-30,37-44H,19-22,31-36H2,1-14H3. The molecule has 0 radical (unpaired) electrons. The fraction of sp³-hybridized carbons (Fsp3) is 0.403. The van der Waals surface area contributed by atoms with E-state index in [1.165, 1.54) is 186 Å². The van der Waals surface area contributed by atoms with Crippen molar-refractivity contribution in [2.45, 2.75) is 199 Å². The minimum Gasteiger partial charge on any atom is -0.457 e. The minimum absolute atomic E-state index is 0.00618. The predicted molar refractivity (Wildman–Crippen MR) is 346 cm³/mol. The van der Waals surface area contributed by atoms with Gasteiger partial charge in [-0.15, -0.1) is 0 Å². The number of ether oxygens (including phenoxy) is 1. The van der Waals surface area contributed by atoms with E-state index < -0.39 is 5.41 Å². The molecular weight excluding hydrogens is 994 g/mol. The first kappa shape index (κ1) is 51.0. The van der Waals surface area contributed by atoms with E-state index >= 15 is 0 Å². The predicted octanol–water partition coefficient (Wildman–Crippen LogP) is 17.9. The topological polar surface area (TPSA) is 23.0 Å². The molecule has 0 amide bonds. The van der Waals surface area contributed by atoms with Gasteiger partial charge in [-0.1, -0.05) is 198 Å². The van der Waals surface area contributed by atoms with Crippen LogP contribution in [-0.4, -0.2) is 20.1 Å². The number of nitrogens with zero attached hydrogens (tertiary/aromatic N) is 3. The zero-order valence-corrected chi connectivity index (χ0v) is 51.4. The van der Waals surface area contributed by atoms with Gasteiger partial charge < -0.3 is 4.74 Å². The molecule has 3 aliphatic heterocycles. The Bertz CT molecular complexity index is 4440. The van der Waals surface area contributed by atoms with Crippen molar-refractivity contribution >= 4 is 67.2 Å². The summed E-state index contributed by atoms with van der Waals surface area (Å²) in [5.41, 5.74) is 29.3. The van der Waals surface area contributed by atoms with Crippen LogP contribution in [-0.2, 0) is 37.9 Å². The monoisotopic (exact) mass is 1080 g/mol. The van der Waals surface area contributed by atoms with E-state index in [9.17, 15) is 0 Å². The maximum Gasteiger partial charge on any atom is 0.250 e. The lowest BCUT2D eigenvalue weighted by Crippen LogP contribution is -2.59. The average Bonchev–Trinajstić information content (AvgIpc) is 2.37. The fourth-order valence-corrected chi connectivity index (χ4v) is 18.0. The van der Waals surface area contributed by atoms with Gasteiger partial charge in [-0.2, -0.15) is 0 Å². The summed E-state index contributed by atoms with van der Waals surface area (Å²) >= 11 is 0. The van der Waals surface area contributed by atoms with Gasteiger partial charge in [0, 0.05) is 27.8 Å². The Kier molecular flexibility index (Phi) is 10.2. The molecule has 2 fully saturated rings. The summed E-state index contributed by atoms with van der Waals surface area (Å²) in [4.78, 5) is 0. The fourth-order valence-electron chi connectivity index (χ4n) is 18.0. The van der Waals surface area contributed by atoms with Crippen LogP contribution in [0, 0.1) is 13.8 Å². The lowest BCUT2D eigenvalue weighted by Gasteiger charge is -2.46. The number of rotatable bonds is 1. The molecule has 5 heteroatoms. The van der Waals surface area contributed by atoms with Crippen LogP contribution in [0.5, 0.6) is 11.5 Å². The lowest BCUT2D eigenvalue weighted by molar-refractivity contribution is 0.271. The van der Waals surface area contributed by atoms with E-state index in [2.05, 4.69) is 232 Å². The van der Waals surface area contributed by atoms with Crippen LogP contribution in [0.15, 0.2) is 121 Å². The number of hydrogen-bond acceptors (Lipinski definition) is 1. The van der Waals surface area contributed by atoms with Crippen molar-refractivity contribution in [3.8, 4) is 17.2 Å². The van der Waals surface area contributed by atoms with E-state index in [1.54, 1.807) is 11.1 Å². The van der Waals surface area contributed by atoms with Gasteiger partial charge in [0.25, 0.3) is 0 Å². The summed E-state index contributed by atoms with van der Waals surface area (Å²) in [6, 6.07) is 49.6. The quantitative estimate of drug-likeness (QED) is 0.150. The number of fused-ring (bicyclic) bond motifs is 18. The Balaban J connectivity index is 1.26. The molecule has 0 N–H and O–H groups in total. The van der Waals surface area contributed by atoms with Crippen LogP contribution in [0.3, 0.4) is 0 Å². The molecule has 10 aromatic rings. The molecule has 3 spiro atoms. The van der Waals surface area contributed by atoms with E-state index in [0.717, 1.165) is 11.5 Å². The van der Waals surface area contributed by atoms with E-state index in [4.69, 9.17) is 4.74 Å². The summed E-state index contributed by atoms with van der Waals surface area (Å²) < 4.78 is 15.8. The molecule has 0 bridgehead atoms. The smallest absolute Gasteiger partial charge is 0.250 e. The largest absolute Gasteiger partial charge is 0.457 e. The molecule has 6 aliphatic rings. The Hall–Kier alpha value is -6.72.